The van der Waals surface area contributed by atoms with E-state index in [1.54, 1.807) is 18.2 Å². The molecule has 0 fully saturated rings. The zero-order chi connectivity index (χ0) is 17.3. The SMILES string of the molecule is C=C/C(F)=C(/Nc1ccc(C)cc1CC(=O)O)C(=C)Cl.CC. The number of hydrogen-bond donors (Lipinski definition) is 2. The van der Waals surface area contributed by atoms with Gasteiger partial charge in [0.1, 0.15) is 5.83 Å². The van der Waals surface area contributed by atoms with E-state index in [-0.39, 0.29) is 17.2 Å². The summed E-state index contributed by atoms with van der Waals surface area (Å²) in [7, 11) is 0. The third kappa shape index (κ3) is 6.14. The lowest BCUT2D eigenvalue weighted by atomic mass is 10.1. The van der Waals surface area contributed by atoms with E-state index in [9.17, 15) is 9.18 Å². The number of hydrogen-bond acceptors (Lipinski definition) is 2. The Balaban J connectivity index is 0.00000211. The molecule has 0 aliphatic heterocycles. The molecule has 2 N–H and O–H groups in total. The van der Waals surface area contributed by atoms with Crippen LogP contribution in [0.1, 0.15) is 25.0 Å². The fourth-order valence-corrected chi connectivity index (χ4v) is 1.78. The normalized spacial score (nSPS) is 10.8. The smallest absolute Gasteiger partial charge is 0.307 e. The summed E-state index contributed by atoms with van der Waals surface area (Å²) in [5, 5.41) is 11.7. The summed E-state index contributed by atoms with van der Waals surface area (Å²) >= 11 is 5.74. The van der Waals surface area contributed by atoms with Gasteiger partial charge in [-0.05, 0) is 24.6 Å². The average molecular weight is 326 g/mol. The first-order valence-electron chi connectivity index (χ1n) is 6.80. The minimum absolute atomic E-state index is 0.0238. The van der Waals surface area contributed by atoms with Gasteiger partial charge in [0.05, 0.1) is 17.2 Å². The molecule has 0 spiro atoms. The highest BCUT2D eigenvalue weighted by molar-refractivity contribution is 6.32. The predicted molar refractivity (Wildman–Crippen MR) is 90.8 cm³/mol. The molecule has 0 aliphatic carbocycles. The Morgan fingerprint density at radius 1 is 1.45 bits per heavy atom. The van der Waals surface area contributed by atoms with E-state index in [1.165, 1.54) is 0 Å². The summed E-state index contributed by atoms with van der Waals surface area (Å²) in [6, 6.07) is 5.18. The molecule has 0 radical (unpaired) electrons. The van der Waals surface area contributed by atoms with Crippen molar-refractivity contribution in [2.45, 2.75) is 27.2 Å². The number of aryl methyl sites for hydroxylation is 1. The van der Waals surface area contributed by atoms with Crippen LogP contribution in [0.4, 0.5) is 10.1 Å². The van der Waals surface area contributed by atoms with Gasteiger partial charge in [-0.3, -0.25) is 4.79 Å². The number of carbonyl (C=O) groups is 1. The number of carboxylic acids is 1. The maximum absolute atomic E-state index is 13.6. The summed E-state index contributed by atoms with van der Waals surface area (Å²) in [6.07, 6.45) is 0.822. The molecule has 1 rings (SSSR count). The fraction of sp³-hybridized carbons (Fsp3) is 0.235. The van der Waals surface area contributed by atoms with Crippen molar-refractivity contribution in [3.63, 3.8) is 0 Å². The zero-order valence-electron chi connectivity index (χ0n) is 13.0. The number of nitrogens with one attached hydrogen (secondary N) is 1. The van der Waals surface area contributed by atoms with E-state index in [4.69, 9.17) is 16.7 Å². The maximum atomic E-state index is 13.6. The highest BCUT2D eigenvalue weighted by Crippen LogP contribution is 2.25. The number of rotatable bonds is 6. The summed E-state index contributed by atoms with van der Waals surface area (Å²) in [5.41, 5.74) is 1.87. The lowest BCUT2D eigenvalue weighted by molar-refractivity contribution is -0.136. The van der Waals surface area contributed by atoms with Crippen LogP contribution in [0.2, 0.25) is 0 Å². The Morgan fingerprint density at radius 3 is 2.50 bits per heavy atom. The average Bonchev–Trinajstić information content (AvgIpc) is 2.47. The van der Waals surface area contributed by atoms with E-state index in [0.717, 1.165) is 11.6 Å². The molecule has 0 amide bonds. The second-order valence-corrected chi connectivity index (χ2v) is 4.64. The number of anilines is 1. The Bertz CT molecular complexity index is 594. The minimum Gasteiger partial charge on any atom is -0.481 e. The van der Waals surface area contributed by atoms with Gasteiger partial charge in [0.25, 0.3) is 0 Å². The molecular formula is C17H21ClFNO2. The van der Waals surface area contributed by atoms with Crippen molar-refractivity contribution in [3.05, 3.63) is 65.1 Å². The molecule has 0 atom stereocenters. The summed E-state index contributed by atoms with van der Waals surface area (Å²) < 4.78 is 13.6. The van der Waals surface area contributed by atoms with Crippen LogP contribution >= 0.6 is 11.6 Å². The number of halogens is 2. The number of carboxylic acid groups (broad SMARTS) is 1. The van der Waals surface area contributed by atoms with Gasteiger partial charge in [0.15, 0.2) is 0 Å². The van der Waals surface area contributed by atoms with E-state index in [0.29, 0.717) is 11.3 Å². The molecule has 0 aliphatic rings. The van der Waals surface area contributed by atoms with Crippen LogP contribution in [0.3, 0.4) is 0 Å². The van der Waals surface area contributed by atoms with Gasteiger partial charge in [0.2, 0.25) is 0 Å². The molecule has 0 aromatic heterocycles. The molecular weight excluding hydrogens is 305 g/mol. The molecule has 22 heavy (non-hydrogen) atoms. The molecule has 0 saturated carbocycles. The van der Waals surface area contributed by atoms with E-state index in [2.05, 4.69) is 18.5 Å². The van der Waals surface area contributed by atoms with E-state index >= 15 is 0 Å². The second kappa shape index (κ2) is 9.79. The zero-order valence-corrected chi connectivity index (χ0v) is 13.8. The highest BCUT2D eigenvalue weighted by atomic mass is 35.5. The Morgan fingerprint density at radius 2 is 2.05 bits per heavy atom. The molecule has 1 aromatic carbocycles. The molecule has 0 unspecified atom stereocenters. The lowest BCUT2D eigenvalue weighted by Gasteiger charge is -2.14. The molecule has 120 valence electrons. The monoisotopic (exact) mass is 325 g/mol. The molecule has 0 heterocycles. The second-order valence-electron chi connectivity index (χ2n) is 4.19. The van der Waals surface area contributed by atoms with Crippen molar-refractivity contribution in [3.8, 4) is 0 Å². The topological polar surface area (TPSA) is 49.3 Å². The number of benzene rings is 1. The largest absolute Gasteiger partial charge is 0.481 e. The van der Waals surface area contributed by atoms with Crippen LogP contribution in [0.5, 0.6) is 0 Å². The van der Waals surface area contributed by atoms with Crippen LogP contribution in [0.15, 0.2) is 54.0 Å². The molecule has 5 heteroatoms. The van der Waals surface area contributed by atoms with Crippen molar-refractivity contribution in [2.24, 2.45) is 0 Å². The molecule has 0 saturated heterocycles. The Hall–Kier alpha value is -2.07. The van der Waals surface area contributed by atoms with Crippen LogP contribution in [0, 0.1) is 6.92 Å². The summed E-state index contributed by atoms with van der Waals surface area (Å²) in [6.45, 7) is 12.6. The minimum atomic E-state index is -0.974. The van der Waals surface area contributed by atoms with Gasteiger partial charge in [-0.25, -0.2) is 4.39 Å². The molecule has 0 bridgehead atoms. The standard InChI is InChI=1S/C15H15ClFNO2.C2H6/c1-4-12(17)15(10(3)16)18-13-6-5-9(2)7-11(13)8-14(19)20;1-2/h4-7,18H,1,3,8H2,2H3,(H,19,20);1-2H3/b15-12-;. The first kappa shape index (κ1) is 19.9. The Kier molecular flexibility index (Phi) is 8.87. The van der Waals surface area contributed by atoms with Crippen molar-refractivity contribution < 1.29 is 14.3 Å². The van der Waals surface area contributed by atoms with Crippen LogP contribution in [0.25, 0.3) is 0 Å². The summed E-state index contributed by atoms with van der Waals surface area (Å²) in [5.74, 6) is -1.63. The molecule has 3 nitrogen and oxygen atoms in total. The first-order chi connectivity index (χ1) is 10.3. The molecule has 1 aromatic rings. The third-order valence-corrected chi connectivity index (χ3v) is 2.74. The quantitative estimate of drug-likeness (QED) is 0.708. The van der Waals surface area contributed by atoms with Gasteiger partial charge in [-0.2, -0.15) is 0 Å². The fourth-order valence-electron chi connectivity index (χ4n) is 1.65. The van der Waals surface area contributed by atoms with Crippen LogP contribution in [-0.2, 0) is 11.2 Å². The maximum Gasteiger partial charge on any atom is 0.307 e. The van der Waals surface area contributed by atoms with Gasteiger partial charge in [-0.1, -0.05) is 56.3 Å². The van der Waals surface area contributed by atoms with Crippen molar-refractivity contribution >= 4 is 23.3 Å². The highest BCUT2D eigenvalue weighted by Gasteiger charge is 2.12. The Labute approximate surface area is 135 Å². The van der Waals surface area contributed by atoms with Gasteiger partial charge in [-0.15, -0.1) is 0 Å². The van der Waals surface area contributed by atoms with Crippen molar-refractivity contribution in [1.29, 1.82) is 0 Å². The van der Waals surface area contributed by atoms with Gasteiger partial charge >= 0.3 is 5.97 Å². The number of aliphatic carboxylic acids is 1. The van der Waals surface area contributed by atoms with Crippen LogP contribution in [-0.4, -0.2) is 11.1 Å². The van der Waals surface area contributed by atoms with Crippen LogP contribution < -0.4 is 5.32 Å². The summed E-state index contributed by atoms with van der Waals surface area (Å²) in [4.78, 5) is 10.9. The lowest BCUT2D eigenvalue weighted by Crippen LogP contribution is -2.08. The third-order valence-electron chi connectivity index (χ3n) is 2.55. The van der Waals surface area contributed by atoms with E-state index < -0.39 is 11.8 Å². The van der Waals surface area contributed by atoms with Crippen molar-refractivity contribution in [2.75, 3.05) is 5.32 Å². The van der Waals surface area contributed by atoms with Gasteiger partial charge in [0, 0.05) is 5.69 Å². The van der Waals surface area contributed by atoms with Gasteiger partial charge < -0.3 is 10.4 Å². The van der Waals surface area contributed by atoms with Crippen molar-refractivity contribution in [1.82, 2.24) is 0 Å². The number of allylic oxidation sites excluding steroid dienone is 3. The first-order valence-corrected chi connectivity index (χ1v) is 7.18. The predicted octanol–water partition coefficient (Wildman–Crippen LogP) is 5.18. The van der Waals surface area contributed by atoms with E-state index in [1.807, 2.05) is 20.8 Å².